The second-order valence-electron chi connectivity index (χ2n) is 6.93. The van der Waals surface area contributed by atoms with Crippen LogP contribution in [0.2, 0.25) is 0 Å². The van der Waals surface area contributed by atoms with Gasteiger partial charge in [-0.25, -0.2) is 4.98 Å². The van der Waals surface area contributed by atoms with Crippen LogP contribution in [0.5, 0.6) is 0 Å². The van der Waals surface area contributed by atoms with Gasteiger partial charge in [0.1, 0.15) is 5.69 Å². The van der Waals surface area contributed by atoms with Gasteiger partial charge in [-0.15, -0.1) is 0 Å². The summed E-state index contributed by atoms with van der Waals surface area (Å²) in [5.41, 5.74) is 2.07. The molecule has 0 aliphatic carbocycles. The molecule has 0 aliphatic rings. The second-order valence-corrected chi connectivity index (χ2v) is 6.93. The van der Waals surface area contributed by atoms with Crippen LogP contribution in [0.15, 0.2) is 71.3 Å². The highest BCUT2D eigenvalue weighted by Gasteiger charge is 2.30. The number of fused-ring (bicyclic) bond motifs is 1. The molecule has 0 radical (unpaired) electrons. The van der Waals surface area contributed by atoms with E-state index in [9.17, 15) is 18.0 Å². The Morgan fingerprint density at radius 3 is 2.63 bits per heavy atom. The standard InChI is InChI=1S/C23H17F3N2O2/c1-14-7-8-19-17(10-14)18(12-20(28-19)21-6-3-9-30-21)22(29)27-13-15-4-2-5-16(11-15)23(24,25)26/h2-12H,13H2,1H3,(H,27,29). The summed E-state index contributed by atoms with van der Waals surface area (Å²) in [5.74, 6) is 0.114. The van der Waals surface area contributed by atoms with E-state index >= 15 is 0 Å². The molecule has 4 aromatic rings. The van der Waals surface area contributed by atoms with Gasteiger partial charge in [0.15, 0.2) is 5.76 Å². The number of halogens is 3. The first-order valence-electron chi connectivity index (χ1n) is 9.21. The molecule has 2 aromatic heterocycles. The van der Waals surface area contributed by atoms with Crippen LogP contribution in [0.25, 0.3) is 22.4 Å². The predicted octanol–water partition coefficient (Wildman–Crippen LogP) is 5.75. The van der Waals surface area contributed by atoms with Crippen molar-refractivity contribution in [3.05, 3.63) is 89.2 Å². The second kappa shape index (κ2) is 7.67. The maximum Gasteiger partial charge on any atom is 0.416 e. The van der Waals surface area contributed by atoms with Crippen molar-refractivity contribution in [2.45, 2.75) is 19.6 Å². The average Bonchev–Trinajstić information content (AvgIpc) is 3.26. The first kappa shape index (κ1) is 19.7. The van der Waals surface area contributed by atoms with Gasteiger partial charge in [0.05, 0.1) is 22.9 Å². The Kier molecular flexibility index (Phi) is 5.03. The third-order valence-corrected chi connectivity index (χ3v) is 4.69. The molecule has 30 heavy (non-hydrogen) atoms. The Morgan fingerprint density at radius 2 is 1.90 bits per heavy atom. The third kappa shape index (κ3) is 4.05. The van der Waals surface area contributed by atoms with E-state index in [1.165, 1.54) is 12.3 Å². The van der Waals surface area contributed by atoms with Crippen molar-refractivity contribution < 1.29 is 22.4 Å². The van der Waals surface area contributed by atoms with E-state index in [0.29, 0.717) is 33.5 Å². The van der Waals surface area contributed by atoms with Crippen LogP contribution < -0.4 is 5.32 Å². The topological polar surface area (TPSA) is 55.1 Å². The number of nitrogens with one attached hydrogen (secondary N) is 1. The molecule has 1 amide bonds. The highest BCUT2D eigenvalue weighted by Crippen LogP contribution is 2.30. The summed E-state index contributed by atoms with van der Waals surface area (Å²) in [4.78, 5) is 17.5. The normalized spacial score (nSPS) is 11.6. The van der Waals surface area contributed by atoms with Gasteiger partial charge in [-0.05, 0) is 55.0 Å². The Bertz CT molecular complexity index is 1220. The molecular formula is C23H17F3N2O2. The van der Waals surface area contributed by atoms with E-state index in [2.05, 4.69) is 10.3 Å². The number of aryl methyl sites for hydroxylation is 1. The van der Waals surface area contributed by atoms with Crippen molar-refractivity contribution in [3.63, 3.8) is 0 Å². The zero-order chi connectivity index (χ0) is 21.3. The van der Waals surface area contributed by atoms with Gasteiger partial charge in [-0.2, -0.15) is 13.2 Å². The van der Waals surface area contributed by atoms with Crippen LogP contribution in [-0.2, 0) is 12.7 Å². The summed E-state index contributed by atoms with van der Waals surface area (Å²) in [6.07, 6.45) is -2.92. The summed E-state index contributed by atoms with van der Waals surface area (Å²) in [5, 5.41) is 3.37. The van der Waals surface area contributed by atoms with Crippen molar-refractivity contribution in [1.82, 2.24) is 10.3 Å². The lowest BCUT2D eigenvalue weighted by Gasteiger charge is -2.12. The van der Waals surface area contributed by atoms with Crippen LogP contribution in [0.3, 0.4) is 0 Å². The van der Waals surface area contributed by atoms with Crippen LogP contribution in [0, 0.1) is 6.92 Å². The summed E-state index contributed by atoms with van der Waals surface area (Å²) in [7, 11) is 0. The minimum Gasteiger partial charge on any atom is -0.463 e. The zero-order valence-electron chi connectivity index (χ0n) is 16.0. The Labute approximate surface area is 170 Å². The fraction of sp³-hybridized carbons (Fsp3) is 0.130. The molecule has 0 bridgehead atoms. The van der Waals surface area contributed by atoms with E-state index in [-0.39, 0.29) is 6.54 Å². The van der Waals surface area contributed by atoms with Gasteiger partial charge < -0.3 is 9.73 Å². The number of benzene rings is 2. The molecule has 152 valence electrons. The monoisotopic (exact) mass is 410 g/mol. The van der Waals surface area contributed by atoms with E-state index in [4.69, 9.17) is 4.42 Å². The fourth-order valence-electron chi connectivity index (χ4n) is 3.21. The molecule has 0 saturated heterocycles. The van der Waals surface area contributed by atoms with E-state index < -0.39 is 17.6 Å². The smallest absolute Gasteiger partial charge is 0.416 e. The highest BCUT2D eigenvalue weighted by atomic mass is 19.4. The molecule has 0 spiro atoms. The largest absolute Gasteiger partial charge is 0.463 e. The lowest BCUT2D eigenvalue weighted by molar-refractivity contribution is -0.137. The van der Waals surface area contributed by atoms with E-state index in [0.717, 1.165) is 17.7 Å². The maximum atomic E-state index is 13.0. The van der Waals surface area contributed by atoms with Crippen molar-refractivity contribution in [1.29, 1.82) is 0 Å². The average molecular weight is 410 g/mol. The highest BCUT2D eigenvalue weighted by molar-refractivity contribution is 6.07. The van der Waals surface area contributed by atoms with Gasteiger partial charge in [0, 0.05) is 11.9 Å². The van der Waals surface area contributed by atoms with E-state index in [1.807, 2.05) is 25.1 Å². The number of rotatable bonds is 4. The lowest BCUT2D eigenvalue weighted by atomic mass is 10.0. The van der Waals surface area contributed by atoms with E-state index in [1.54, 1.807) is 24.3 Å². The van der Waals surface area contributed by atoms with Gasteiger partial charge >= 0.3 is 6.18 Å². The van der Waals surface area contributed by atoms with Gasteiger partial charge in [-0.1, -0.05) is 23.8 Å². The van der Waals surface area contributed by atoms with Crippen LogP contribution in [0.1, 0.15) is 27.0 Å². The minimum absolute atomic E-state index is 0.0333. The number of hydrogen-bond acceptors (Lipinski definition) is 3. The number of furan rings is 1. The fourth-order valence-corrected chi connectivity index (χ4v) is 3.21. The molecule has 4 nitrogen and oxygen atoms in total. The quantitative estimate of drug-likeness (QED) is 0.466. The predicted molar refractivity (Wildman–Crippen MR) is 107 cm³/mol. The molecule has 1 N–H and O–H groups in total. The van der Waals surface area contributed by atoms with Crippen molar-refractivity contribution >= 4 is 16.8 Å². The molecule has 2 aromatic carbocycles. The minimum atomic E-state index is -4.43. The molecule has 0 atom stereocenters. The summed E-state index contributed by atoms with van der Waals surface area (Å²) in [6.45, 7) is 1.87. The van der Waals surface area contributed by atoms with Crippen LogP contribution >= 0.6 is 0 Å². The van der Waals surface area contributed by atoms with Gasteiger partial charge in [0.2, 0.25) is 0 Å². The lowest BCUT2D eigenvalue weighted by Crippen LogP contribution is -2.23. The molecule has 0 saturated carbocycles. The van der Waals surface area contributed by atoms with Crippen molar-refractivity contribution in [2.75, 3.05) is 0 Å². The van der Waals surface area contributed by atoms with Crippen LogP contribution in [-0.4, -0.2) is 10.9 Å². The molecule has 0 fully saturated rings. The Morgan fingerprint density at radius 1 is 1.07 bits per heavy atom. The summed E-state index contributed by atoms with van der Waals surface area (Å²) < 4.78 is 44.2. The molecule has 4 rings (SSSR count). The van der Waals surface area contributed by atoms with Gasteiger partial charge in [-0.3, -0.25) is 4.79 Å². The first-order valence-corrected chi connectivity index (χ1v) is 9.21. The Balaban J connectivity index is 1.66. The molecule has 2 heterocycles. The SMILES string of the molecule is Cc1ccc2nc(-c3ccco3)cc(C(=O)NCc3cccc(C(F)(F)F)c3)c2c1. The van der Waals surface area contributed by atoms with Gasteiger partial charge in [0.25, 0.3) is 5.91 Å². The molecule has 7 heteroatoms. The zero-order valence-corrected chi connectivity index (χ0v) is 16.0. The number of carbonyl (C=O) groups is 1. The molecule has 0 aliphatic heterocycles. The van der Waals surface area contributed by atoms with Crippen molar-refractivity contribution in [3.8, 4) is 11.5 Å². The number of alkyl halides is 3. The Hall–Kier alpha value is -3.61. The number of hydrogen-bond donors (Lipinski definition) is 1. The number of amides is 1. The third-order valence-electron chi connectivity index (χ3n) is 4.69. The van der Waals surface area contributed by atoms with Crippen LogP contribution in [0.4, 0.5) is 13.2 Å². The molecule has 0 unspecified atom stereocenters. The summed E-state index contributed by atoms with van der Waals surface area (Å²) >= 11 is 0. The van der Waals surface area contributed by atoms with Crippen molar-refractivity contribution in [2.24, 2.45) is 0 Å². The number of carbonyl (C=O) groups excluding carboxylic acids is 1. The first-order chi connectivity index (χ1) is 14.3. The number of pyridine rings is 1. The molecular weight excluding hydrogens is 393 g/mol. The summed E-state index contributed by atoms with van der Waals surface area (Å²) in [6, 6.07) is 15.6. The number of nitrogens with zero attached hydrogens (tertiary/aromatic N) is 1. The maximum absolute atomic E-state index is 13.0. The number of aromatic nitrogens is 1.